The maximum atomic E-state index is 12.6. The highest BCUT2D eigenvalue weighted by Crippen LogP contribution is 2.44. The van der Waals surface area contributed by atoms with Gasteiger partial charge in [0, 0.05) is 49.1 Å². The first-order valence-corrected chi connectivity index (χ1v) is 18.9. The second kappa shape index (κ2) is 12.0. The maximum absolute atomic E-state index is 12.6. The number of fused-ring (bicyclic) bond motifs is 1. The normalized spacial score (nSPS) is 18.6. The Kier molecular flexibility index (Phi) is 8.43. The van der Waals surface area contributed by atoms with Crippen LogP contribution in [-0.2, 0) is 4.74 Å². The molecular formula is C30H38IN8O3P. The highest BCUT2D eigenvalue weighted by molar-refractivity contribution is 14.2. The van der Waals surface area contributed by atoms with E-state index in [0.29, 0.717) is 49.7 Å². The van der Waals surface area contributed by atoms with Crippen LogP contribution >= 0.6 is 28.4 Å². The van der Waals surface area contributed by atoms with Gasteiger partial charge in [-0.3, -0.25) is 4.90 Å². The van der Waals surface area contributed by atoms with Crippen LogP contribution in [0.25, 0.3) is 22.2 Å². The van der Waals surface area contributed by atoms with Gasteiger partial charge in [-0.2, -0.15) is 20.3 Å². The number of carbonyl (C=O) groups is 1. The number of hydrogen-bond donors (Lipinski definition) is 0. The number of hydrogen-bond acceptors (Lipinski definition) is 9. The molecule has 3 aromatic rings. The Labute approximate surface area is 267 Å². The summed E-state index contributed by atoms with van der Waals surface area (Å²) in [5, 5.41) is 16.1. The number of rotatable bonds is 7. The average Bonchev–Trinajstić information content (AvgIpc) is 3.70. The lowest BCUT2D eigenvalue weighted by Crippen LogP contribution is -2.60. The van der Waals surface area contributed by atoms with Crippen molar-refractivity contribution in [1.82, 2.24) is 29.3 Å². The van der Waals surface area contributed by atoms with Crippen molar-refractivity contribution in [2.75, 3.05) is 57.3 Å². The zero-order valence-corrected chi connectivity index (χ0v) is 28.3. The van der Waals surface area contributed by atoms with E-state index >= 15 is 0 Å². The van der Waals surface area contributed by atoms with Gasteiger partial charge in [-0.1, -0.05) is 6.07 Å². The van der Waals surface area contributed by atoms with Crippen molar-refractivity contribution in [2.24, 2.45) is 5.41 Å². The van der Waals surface area contributed by atoms with Crippen LogP contribution in [-0.4, -0.2) is 93.4 Å². The quantitative estimate of drug-likeness (QED) is 0.235. The van der Waals surface area contributed by atoms with Crippen molar-refractivity contribution in [3.8, 4) is 23.3 Å². The molecule has 13 heteroatoms. The molecule has 1 spiro atoms. The van der Waals surface area contributed by atoms with Crippen molar-refractivity contribution in [2.45, 2.75) is 52.6 Å². The first-order valence-electron chi connectivity index (χ1n) is 14.8. The number of carbonyl (C=O) groups excluding carboxylic acids is 1. The van der Waals surface area contributed by atoms with Crippen molar-refractivity contribution in [3.63, 3.8) is 0 Å². The number of nitriles is 1. The van der Waals surface area contributed by atoms with Gasteiger partial charge in [0.25, 0.3) is 0 Å². The lowest BCUT2D eigenvalue weighted by molar-refractivity contribution is -0.0266. The fourth-order valence-corrected chi connectivity index (χ4v) is 8.00. The molecule has 3 aliphatic heterocycles. The Bertz CT molecular complexity index is 1570. The Morgan fingerprint density at radius 1 is 1.16 bits per heavy atom. The Balaban J connectivity index is 1.33. The van der Waals surface area contributed by atoms with E-state index in [9.17, 15) is 10.1 Å². The zero-order chi connectivity index (χ0) is 30.4. The predicted octanol–water partition coefficient (Wildman–Crippen LogP) is 5.39. The lowest BCUT2D eigenvalue weighted by Gasteiger charge is -2.47. The summed E-state index contributed by atoms with van der Waals surface area (Å²) >= 11 is 2.33. The van der Waals surface area contributed by atoms with E-state index < -0.39 is 5.60 Å². The minimum absolute atomic E-state index is 0.0518. The molecule has 0 bridgehead atoms. The number of amides is 1. The van der Waals surface area contributed by atoms with Gasteiger partial charge in [0.05, 0.1) is 23.8 Å². The standard InChI is InChI=1S/C30H38IN8O3P/c1-20-7-8-23-22(16-33-39(23)43-31)24(20)25-21(15-32)26(35-27(34-25)41-14-13-36-10-5-6-11-36)37-12-9-30(17-37)18-38(19-30)28(40)42-29(2,3)4/h7-8,16,43H,5-6,9-14,17-19H2,1-4H3. The first-order chi connectivity index (χ1) is 20.6. The predicted molar refractivity (Wildman–Crippen MR) is 176 cm³/mol. The molecule has 0 saturated carbocycles. The third-order valence-electron chi connectivity index (χ3n) is 8.54. The monoisotopic (exact) mass is 716 g/mol. The molecule has 1 aromatic carbocycles. The molecule has 1 unspecified atom stereocenters. The summed E-state index contributed by atoms with van der Waals surface area (Å²) in [4.78, 5) is 28.7. The summed E-state index contributed by atoms with van der Waals surface area (Å²) in [6, 6.07) is 6.88. The molecule has 3 fully saturated rings. The van der Waals surface area contributed by atoms with E-state index in [2.05, 4.69) is 55.1 Å². The number of aryl methyl sites for hydroxylation is 1. The van der Waals surface area contributed by atoms with E-state index in [1.54, 1.807) is 4.90 Å². The van der Waals surface area contributed by atoms with Gasteiger partial charge in [0.15, 0.2) is 5.82 Å². The molecule has 5 heterocycles. The SMILES string of the molecule is Cc1ccc2c(cnn2PI)c1-c1nc(OCCN2CCCC2)nc(N2CCC3(CN(C(=O)OC(C)(C)C)C3)C2)c1C#N. The van der Waals surface area contributed by atoms with Crippen molar-refractivity contribution in [3.05, 3.63) is 29.5 Å². The van der Waals surface area contributed by atoms with Crippen LogP contribution in [0.5, 0.6) is 6.01 Å². The average molecular weight is 717 g/mol. The topological polar surface area (TPSA) is 113 Å². The van der Waals surface area contributed by atoms with Crippen LogP contribution < -0.4 is 9.64 Å². The number of ether oxygens (including phenoxy) is 2. The summed E-state index contributed by atoms with van der Waals surface area (Å²) < 4.78 is 13.8. The summed E-state index contributed by atoms with van der Waals surface area (Å²) in [6.07, 6.45) is 5.39. The molecule has 11 nitrogen and oxygen atoms in total. The molecule has 0 aliphatic carbocycles. The van der Waals surface area contributed by atoms with E-state index in [4.69, 9.17) is 19.4 Å². The number of nitrogens with zero attached hydrogens (tertiary/aromatic N) is 8. The molecule has 1 amide bonds. The zero-order valence-electron chi connectivity index (χ0n) is 25.2. The van der Waals surface area contributed by atoms with E-state index in [-0.39, 0.29) is 17.5 Å². The second-order valence-corrected chi connectivity index (χ2v) is 14.9. The summed E-state index contributed by atoms with van der Waals surface area (Å²) in [5.41, 5.74) is 3.34. The van der Waals surface area contributed by atoms with E-state index in [0.717, 1.165) is 54.6 Å². The van der Waals surface area contributed by atoms with Gasteiger partial charge in [0.2, 0.25) is 0 Å². The van der Waals surface area contributed by atoms with Gasteiger partial charge >= 0.3 is 12.1 Å². The summed E-state index contributed by atoms with van der Waals surface area (Å²) in [5.74, 6) is 0.593. The highest BCUT2D eigenvalue weighted by atomic mass is 127. The number of benzene rings is 1. The van der Waals surface area contributed by atoms with Gasteiger partial charge in [-0.25, -0.2) is 9.25 Å². The molecule has 6 rings (SSSR count). The first kappa shape index (κ1) is 30.3. The molecule has 2 aromatic heterocycles. The van der Waals surface area contributed by atoms with Crippen molar-refractivity contribution < 1.29 is 14.3 Å². The van der Waals surface area contributed by atoms with Gasteiger partial charge < -0.3 is 19.3 Å². The van der Waals surface area contributed by atoms with E-state index in [1.807, 2.05) is 38.3 Å². The van der Waals surface area contributed by atoms with Crippen LogP contribution in [0.1, 0.15) is 51.2 Å². The lowest BCUT2D eigenvalue weighted by atomic mass is 9.79. The fourth-order valence-electron chi connectivity index (χ4n) is 6.46. The van der Waals surface area contributed by atoms with Gasteiger partial charge in [-0.05, 0) is 93.7 Å². The summed E-state index contributed by atoms with van der Waals surface area (Å²) in [7, 11) is 0. The van der Waals surface area contributed by atoms with Crippen molar-refractivity contribution in [1.29, 1.82) is 5.26 Å². The highest BCUT2D eigenvalue weighted by Gasteiger charge is 2.51. The van der Waals surface area contributed by atoms with Crippen LogP contribution in [0.4, 0.5) is 10.6 Å². The molecule has 3 saturated heterocycles. The summed E-state index contributed by atoms with van der Waals surface area (Å²) in [6.45, 7) is 13.9. The van der Waals surface area contributed by atoms with Crippen molar-refractivity contribution >= 4 is 51.2 Å². The molecule has 0 N–H and O–H groups in total. The fraction of sp³-hybridized carbons (Fsp3) is 0.567. The van der Waals surface area contributed by atoms with Gasteiger partial charge in [0.1, 0.15) is 23.8 Å². The Hall–Kier alpha value is -2.75. The Morgan fingerprint density at radius 3 is 2.63 bits per heavy atom. The smallest absolute Gasteiger partial charge is 0.410 e. The molecule has 1 atom stereocenters. The third-order valence-corrected chi connectivity index (χ3v) is 10.4. The molecule has 228 valence electrons. The minimum Gasteiger partial charge on any atom is -0.462 e. The van der Waals surface area contributed by atoms with Crippen LogP contribution in [0, 0.1) is 23.7 Å². The molecule has 0 radical (unpaired) electrons. The number of likely N-dealkylation sites (tertiary alicyclic amines) is 2. The number of aromatic nitrogens is 4. The third kappa shape index (κ3) is 6.13. The largest absolute Gasteiger partial charge is 0.462 e. The van der Waals surface area contributed by atoms with Crippen LogP contribution in [0.3, 0.4) is 0 Å². The number of anilines is 1. The van der Waals surface area contributed by atoms with Crippen LogP contribution in [0.2, 0.25) is 0 Å². The van der Waals surface area contributed by atoms with Crippen LogP contribution in [0.15, 0.2) is 18.3 Å². The molecule has 3 aliphatic rings. The minimum atomic E-state index is -0.527. The number of halogens is 1. The van der Waals surface area contributed by atoms with Gasteiger partial charge in [-0.15, -0.1) is 0 Å². The second-order valence-electron chi connectivity index (χ2n) is 12.9. The Morgan fingerprint density at radius 2 is 1.93 bits per heavy atom. The van der Waals surface area contributed by atoms with E-state index in [1.165, 1.54) is 12.8 Å². The molecule has 43 heavy (non-hydrogen) atoms. The molecular weight excluding hydrogens is 678 g/mol. The maximum Gasteiger partial charge on any atom is 0.410 e.